The van der Waals surface area contributed by atoms with Crippen molar-refractivity contribution in [3.8, 4) is 5.75 Å². The molecule has 1 amide bonds. The molecule has 1 aliphatic rings. The van der Waals surface area contributed by atoms with E-state index in [0.29, 0.717) is 22.9 Å². The Morgan fingerprint density at radius 1 is 1.35 bits per heavy atom. The normalized spacial score (nSPS) is 17.0. The molecule has 3 rings (SSSR count). The lowest BCUT2D eigenvalue weighted by atomic mass is 10.1. The van der Waals surface area contributed by atoms with Gasteiger partial charge in [-0.1, -0.05) is 0 Å². The molecule has 7 heteroatoms. The number of carbonyl (C=O) groups is 1. The van der Waals surface area contributed by atoms with Gasteiger partial charge in [0, 0.05) is 17.8 Å². The van der Waals surface area contributed by atoms with Crippen molar-refractivity contribution in [2.45, 2.75) is 6.10 Å². The third-order valence-electron chi connectivity index (χ3n) is 3.37. The van der Waals surface area contributed by atoms with Crippen LogP contribution >= 0.6 is 0 Å². The van der Waals surface area contributed by atoms with Gasteiger partial charge in [-0.05, 0) is 24.3 Å². The van der Waals surface area contributed by atoms with Crippen molar-refractivity contribution in [3.05, 3.63) is 48.1 Å². The molecule has 2 heterocycles. The standard InChI is InChI=1S/C16H16N2O5/c17-10-3-4-13-14(6-10)23-15(7-12-2-1-5-22-12)16(21)18(13)8-11(20)9-19/h1-7,11,19-20H,8-9,17H2/b15-7+. The highest BCUT2D eigenvalue weighted by Crippen LogP contribution is 2.37. The van der Waals surface area contributed by atoms with Crippen LogP contribution in [0, 0.1) is 0 Å². The molecule has 0 saturated carbocycles. The van der Waals surface area contributed by atoms with Gasteiger partial charge in [0.2, 0.25) is 0 Å². The molecule has 4 N–H and O–H groups in total. The fourth-order valence-electron chi connectivity index (χ4n) is 2.28. The van der Waals surface area contributed by atoms with Crippen LogP contribution in [0.3, 0.4) is 0 Å². The summed E-state index contributed by atoms with van der Waals surface area (Å²) in [5.74, 6) is 0.463. The lowest BCUT2D eigenvalue weighted by molar-refractivity contribution is -0.118. The molecular weight excluding hydrogens is 300 g/mol. The first-order chi connectivity index (χ1) is 11.1. The summed E-state index contributed by atoms with van der Waals surface area (Å²) in [5.41, 5.74) is 6.72. The van der Waals surface area contributed by atoms with E-state index in [9.17, 15) is 9.90 Å². The quantitative estimate of drug-likeness (QED) is 0.573. The topological polar surface area (TPSA) is 109 Å². The molecule has 1 aliphatic heterocycles. The number of aliphatic hydroxyl groups is 2. The monoisotopic (exact) mass is 316 g/mol. The maximum atomic E-state index is 12.6. The number of hydrogen-bond donors (Lipinski definition) is 3. The summed E-state index contributed by atoms with van der Waals surface area (Å²) < 4.78 is 10.8. The number of furan rings is 1. The van der Waals surface area contributed by atoms with Gasteiger partial charge in [-0.15, -0.1) is 0 Å². The second kappa shape index (κ2) is 6.15. The first-order valence-electron chi connectivity index (χ1n) is 7.02. The number of hydrogen-bond acceptors (Lipinski definition) is 6. The minimum atomic E-state index is -1.06. The van der Waals surface area contributed by atoms with Gasteiger partial charge in [-0.3, -0.25) is 9.69 Å². The molecular formula is C16H16N2O5. The number of benzene rings is 1. The summed E-state index contributed by atoms with van der Waals surface area (Å²) in [6.07, 6.45) is 1.89. The van der Waals surface area contributed by atoms with E-state index in [4.69, 9.17) is 20.0 Å². The van der Waals surface area contributed by atoms with Gasteiger partial charge >= 0.3 is 0 Å². The highest BCUT2D eigenvalue weighted by atomic mass is 16.5. The largest absolute Gasteiger partial charge is 0.465 e. The SMILES string of the molecule is Nc1ccc2c(c1)O/C(=C/c1ccco1)C(=O)N2CC(O)CO. The average molecular weight is 316 g/mol. The summed E-state index contributed by atoms with van der Waals surface area (Å²) in [7, 11) is 0. The number of amides is 1. The van der Waals surface area contributed by atoms with Crippen LogP contribution in [0.1, 0.15) is 5.76 Å². The Kier molecular flexibility index (Phi) is 4.05. The number of nitrogens with two attached hydrogens (primary N) is 1. The van der Waals surface area contributed by atoms with Gasteiger partial charge in [0.1, 0.15) is 5.76 Å². The number of ether oxygens (including phenoxy) is 1. The Balaban J connectivity index is 2.02. The van der Waals surface area contributed by atoms with Crippen molar-refractivity contribution in [3.63, 3.8) is 0 Å². The van der Waals surface area contributed by atoms with Crippen LogP contribution < -0.4 is 15.4 Å². The Bertz CT molecular complexity index is 739. The molecule has 0 radical (unpaired) electrons. The van der Waals surface area contributed by atoms with E-state index < -0.39 is 18.6 Å². The molecule has 0 bridgehead atoms. The molecule has 1 aromatic heterocycles. The first kappa shape index (κ1) is 15.1. The second-order valence-electron chi connectivity index (χ2n) is 5.11. The van der Waals surface area contributed by atoms with Crippen LogP contribution in [0.4, 0.5) is 11.4 Å². The smallest absolute Gasteiger partial charge is 0.294 e. The maximum Gasteiger partial charge on any atom is 0.294 e. The van der Waals surface area contributed by atoms with Crippen LogP contribution in [0.2, 0.25) is 0 Å². The van der Waals surface area contributed by atoms with Gasteiger partial charge in [-0.2, -0.15) is 0 Å². The molecule has 0 saturated heterocycles. The van der Waals surface area contributed by atoms with Crippen LogP contribution in [0.15, 0.2) is 46.8 Å². The molecule has 23 heavy (non-hydrogen) atoms. The number of aliphatic hydroxyl groups excluding tert-OH is 2. The number of carbonyl (C=O) groups excluding carboxylic acids is 1. The summed E-state index contributed by atoms with van der Waals surface area (Å²) in [6.45, 7) is -0.517. The van der Waals surface area contributed by atoms with Crippen LogP contribution in [-0.2, 0) is 4.79 Å². The van der Waals surface area contributed by atoms with Crippen molar-refractivity contribution in [2.75, 3.05) is 23.8 Å². The van der Waals surface area contributed by atoms with Crippen molar-refractivity contribution in [1.29, 1.82) is 0 Å². The summed E-state index contributed by atoms with van der Waals surface area (Å²) in [5, 5.41) is 18.8. The lowest BCUT2D eigenvalue weighted by Crippen LogP contribution is -2.43. The molecule has 7 nitrogen and oxygen atoms in total. The minimum absolute atomic E-state index is 0.0446. The Morgan fingerprint density at radius 2 is 2.17 bits per heavy atom. The fraction of sp³-hybridized carbons (Fsp3) is 0.188. The molecule has 120 valence electrons. The zero-order valence-electron chi connectivity index (χ0n) is 12.2. The first-order valence-corrected chi connectivity index (χ1v) is 7.02. The minimum Gasteiger partial charge on any atom is -0.465 e. The van der Waals surface area contributed by atoms with Gasteiger partial charge in [0.15, 0.2) is 11.5 Å². The Hall–Kier alpha value is -2.77. The van der Waals surface area contributed by atoms with E-state index in [-0.39, 0.29) is 12.3 Å². The second-order valence-corrected chi connectivity index (χ2v) is 5.11. The van der Waals surface area contributed by atoms with Crippen molar-refractivity contribution in [1.82, 2.24) is 0 Å². The van der Waals surface area contributed by atoms with Gasteiger partial charge in [-0.25, -0.2) is 0 Å². The summed E-state index contributed by atoms with van der Waals surface area (Å²) >= 11 is 0. The van der Waals surface area contributed by atoms with Crippen molar-refractivity contribution >= 4 is 23.4 Å². The molecule has 1 unspecified atom stereocenters. The Labute approximate surface area is 132 Å². The molecule has 0 aliphatic carbocycles. The summed E-state index contributed by atoms with van der Waals surface area (Å²) in [6, 6.07) is 8.24. The molecule has 2 aromatic rings. The van der Waals surface area contributed by atoms with E-state index in [1.807, 2.05) is 0 Å². The third kappa shape index (κ3) is 3.05. The van der Waals surface area contributed by atoms with E-state index in [1.54, 1.807) is 30.3 Å². The number of anilines is 2. The van der Waals surface area contributed by atoms with Crippen molar-refractivity contribution in [2.24, 2.45) is 0 Å². The van der Waals surface area contributed by atoms with Crippen LogP contribution in [0.5, 0.6) is 5.75 Å². The van der Waals surface area contributed by atoms with E-state index in [1.165, 1.54) is 17.2 Å². The number of nitrogens with zero attached hydrogens (tertiary/aromatic N) is 1. The van der Waals surface area contributed by atoms with E-state index in [2.05, 4.69) is 0 Å². The van der Waals surface area contributed by atoms with E-state index >= 15 is 0 Å². The predicted molar refractivity (Wildman–Crippen MR) is 83.6 cm³/mol. The van der Waals surface area contributed by atoms with Crippen molar-refractivity contribution < 1.29 is 24.2 Å². The maximum absolute atomic E-state index is 12.6. The van der Waals surface area contributed by atoms with Crippen LogP contribution in [-0.4, -0.2) is 35.4 Å². The zero-order valence-corrected chi connectivity index (χ0v) is 12.2. The summed E-state index contributed by atoms with van der Waals surface area (Å²) in [4.78, 5) is 14.0. The predicted octanol–water partition coefficient (Wildman–Crippen LogP) is 0.981. The number of nitrogen functional groups attached to an aromatic ring is 1. The molecule has 1 aromatic carbocycles. The highest BCUT2D eigenvalue weighted by Gasteiger charge is 2.31. The molecule has 0 fully saturated rings. The fourth-order valence-corrected chi connectivity index (χ4v) is 2.28. The zero-order chi connectivity index (χ0) is 16.4. The third-order valence-corrected chi connectivity index (χ3v) is 3.37. The molecule has 1 atom stereocenters. The van der Waals surface area contributed by atoms with Gasteiger partial charge in [0.25, 0.3) is 5.91 Å². The van der Waals surface area contributed by atoms with Gasteiger partial charge in [0.05, 0.1) is 31.2 Å². The average Bonchev–Trinajstić information content (AvgIpc) is 3.04. The van der Waals surface area contributed by atoms with Crippen LogP contribution in [0.25, 0.3) is 6.08 Å². The Morgan fingerprint density at radius 3 is 2.87 bits per heavy atom. The number of fused-ring (bicyclic) bond motifs is 1. The van der Waals surface area contributed by atoms with Gasteiger partial charge < -0.3 is 25.1 Å². The molecule has 0 spiro atoms. The number of β-amino-alcohol motifs (C(OH)–C–C–N with tert-alkyl or cyclic N) is 1. The van der Waals surface area contributed by atoms with E-state index in [0.717, 1.165) is 0 Å². The highest BCUT2D eigenvalue weighted by molar-refractivity contribution is 6.09. The lowest BCUT2D eigenvalue weighted by Gasteiger charge is -2.31. The number of rotatable bonds is 4.